The number of rotatable bonds is 5. The molecule has 2 aromatic heterocycles. The summed E-state index contributed by atoms with van der Waals surface area (Å²) in [6, 6.07) is 2.61. The van der Waals surface area contributed by atoms with E-state index >= 15 is 0 Å². The van der Waals surface area contributed by atoms with Crippen LogP contribution in [0.5, 0.6) is 5.75 Å². The zero-order chi connectivity index (χ0) is 24.4. The number of hydrogen-bond acceptors (Lipinski definition) is 6. The van der Waals surface area contributed by atoms with Gasteiger partial charge in [-0.3, -0.25) is 4.90 Å². The highest BCUT2D eigenvalue weighted by atomic mass is 19.4. The van der Waals surface area contributed by atoms with Crippen LogP contribution in [0.2, 0.25) is 0 Å². The van der Waals surface area contributed by atoms with E-state index in [0.29, 0.717) is 35.3 Å². The molecule has 3 aliphatic rings. The molecule has 1 aliphatic heterocycles. The van der Waals surface area contributed by atoms with Crippen LogP contribution in [0.25, 0.3) is 11.3 Å². The van der Waals surface area contributed by atoms with Crippen molar-refractivity contribution in [2.45, 2.75) is 70.9 Å². The van der Waals surface area contributed by atoms with Crippen molar-refractivity contribution in [3.8, 4) is 17.0 Å². The Morgan fingerprint density at radius 1 is 1.32 bits per heavy atom. The normalized spacial score (nSPS) is 31.6. The quantitative estimate of drug-likeness (QED) is 0.675. The third-order valence-electron chi connectivity index (χ3n) is 7.86. The monoisotopic (exact) mass is 479 g/mol. The predicted octanol–water partition coefficient (Wildman–Crippen LogP) is 4.61. The number of morpholine rings is 1. The number of pyridine rings is 1. The number of nitrogens with zero attached hydrogens (tertiary/aromatic N) is 4. The summed E-state index contributed by atoms with van der Waals surface area (Å²) in [5.74, 6) is 0.838. The molecule has 2 saturated carbocycles. The van der Waals surface area contributed by atoms with Gasteiger partial charge in [-0.1, -0.05) is 20.8 Å². The Kier molecular flexibility index (Phi) is 5.59. The highest BCUT2D eigenvalue weighted by Crippen LogP contribution is 2.72. The topological polar surface area (TPSA) is 78.4 Å². The molecule has 10 heteroatoms. The fraction of sp³-hybridized carbons (Fsp3) is 0.667. The minimum absolute atomic E-state index is 0.168. The second-order valence-electron chi connectivity index (χ2n) is 10.5. The number of aromatic nitrogens is 3. The van der Waals surface area contributed by atoms with E-state index in [1.807, 2.05) is 6.20 Å². The first-order chi connectivity index (χ1) is 16.0. The first kappa shape index (κ1) is 23.4. The van der Waals surface area contributed by atoms with E-state index in [4.69, 9.17) is 15.5 Å². The summed E-state index contributed by atoms with van der Waals surface area (Å²) in [7, 11) is 0. The lowest BCUT2D eigenvalue weighted by Crippen LogP contribution is -2.49. The Balaban J connectivity index is 1.40. The van der Waals surface area contributed by atoms with Gasteiger partial charge in [-0.25, -0.2) is 9.97 Å². The molecule has 3 heterocycles. The molecule has 2 unspecified atom stereocenters. The molecule has 5 rings (SSSR count). The fourth-order valence-corrected chi connectivity index (χ4v) is 6.23. The van der Waals surface area contributed by atoms with Gasteiger partial charge in [0.05, 0.1) is 18.9 Å². The van der Waals surface area contributed by atoms with E-state index in [9.17, 15) is 13.2 Å². The number of ether oxygens (including phenoxy) is 2. The number of alkyl halides is 3. The van der Waals surface area contributed by atoms with Crippen LogP contribution in [-0.2, 0) is 4.74 Å². The first-order valence-corrected chi connectivity index (χ1v) is 11.9. The van der Waals surface area contributed by atoms with Crippen LogP contribution in [0.3, 0.4) is 0 Å². The third-order valence-corrected chi connectivity index (χ3v) is 7.86. The SMILES string of the molecule is CC(C)c1nc(-c2cnc(N)c(OC(F)(F)F)c2)cn1[C@H]1[C@@H]2CC(N3CCOC[C@@H]3C)CC12C. The van der Waals surface area contributed by atoms with Gasteiger partial charge in [-0.2, -0.15) is 0 Å². The summed E-state index contributed by atoms with van der Waals surface area (Å²) in [6.45, 7) is 11.3. The highest BCUT2D eigenvalue weighted by molar-refractivity contribution is 5.64. The average molecular weight is 480 g/mol. The third kappa shape index (κ3) is 4.04. The summed E-state index contributed by atoms with van der Waals surface area (Å²) in [5.41, 5.74) is 6.82. The molecule has 2 N–H and O–H groups in total. The lowest BCUT2D eigenvalue weighted by atomic mass is 10.00. The van der Waals surface area contributed by atoms with Crippen molar-refractivity contribution in [1.29, 1.82) is 0 Å². The molecule has 34 heavy (non-hydrogen) atoms. The number of imidazole rings is 1. The maximum Gasteiger partial charge on any atom is 0.573 e. The maximum atomic E-state index is 12.8. The van der Waals surface area contributed by atoms with E-state index in [2.05, 4.69) is 46.9 Å². The van der Waals surface area contributed by atoms with Gasteiger partial charge in [-0.15, -0.1) is 13.2 Å². The molecular weight excluding hydrogens is 447 g/mol. The van der Waals surface area contributed by atoms with Crippen LogP contribution in [0.1, 0.15) is 58.3 Å². The predicted molar refractivity (Wildman–Crippen MR) is 121 cm³/mol. The summed E-state index contributed by atoms with van der Waals surface area (Å²) >= 11 is 0. The Morgan fingerprint density at radius 3 is 2.71 bits per heavy atom. The zero-order valence-corrected chi connectivity index (χ0v) is 20.0. The van der Waals surface area contributed by atoms with E-state index in [1.54, 1.807) is 0 Å². The summed E-state index contributed by atoms with van der Waals surface area (Å²) in [6.07, 6.45) is 0.834. The molecule has 0 radical (unpaired) electrons. The molecule has 2 aromatic rings. The number of nitrogens with two attached hydrogens (primary N) is 1. The van der Waals surface area contributed by atoms with Crippen LogP contribution < -0.4 is 10.5 Å². The molecule has 1 saturated heterocycles. The first-order valence-electron chi connectivity index (χ1n) is 11.9. The Morgan fingerprint density at radius 2 is 2.09 bits per heavy atom. The van der Waals surface area contributed by atoms with Gasteiger partial charge >= 0.3 is 6.36 Å². The second-order valence-corrected chi connectivity index (χ2v) is 10.5. The molecular formula is C24H32F3N5O2. The van der Waals surface area contributed by atoms with Gasteiger partial charge in [0, 0.05) is 48.5 Å². The number of halogens is 3. The van der Waals surface area contributed by atoms with Crippen molar-refractivity contribution in [2.75, 3.05) is 25.5 Å². The van der Waals surface area contributed by atoms with Crippen LogP contribution in [0.15, 0.2) is 18.5 Å². The minimum atomic E-state index is -4.84. The van der Waals surface area contributed by atoms with Crippen molar-refractivity contribution in [1.82, 2.24) is 19.4 Å². The Bertz CT molecular complexity index is 1070. The van der Waals surface area contributed by atoms with Gasteiger partial charge in [0.25, 0.3) is 0 Å². The van der Waals surface area contributed by atoms with Gasteiger partial charge in [0.1, 0.15) is 5.82 Å². The lowest BCUT2D eigenvalue weighted by molar-refractivity contribution is -0.274. The number of nitrogen functional groups attached to an aromatic ring is 1. The summed E-state index contributed by atoms with van der Waals surface area (Å²) in [4.78, 5) is 11.3. The Labute approximate surface area is 197 Å². The number of anilines is 1. The largest absolute Gasteiger partial charge is 0.573 e. The molecule has 0 bridgehead atoms. The standard InChI is InChI=1S/C24H32F3N5O2/c1-13(2)22-30-18(15-7-19(21(28)29-10-15)34-24(25,26)27)11-32(22)20-17-8-16(9-23(17,20)4)31-5-6-33-12-14(31)3/h7,10-11,13-14,16-17,20H,5-6,8-9,12H2,1-4H3,(H2,28,29)/t14-,16?,17-,20-,23?/m0/s1. The van der Waals surface area contributed by atoms with Crippen molar-refractivity contribution >= 4 is 5.82 Å². The van der Waals surface area contributed by atoms with E-state index in [-0.39, 0.29) is 17.2 Å². The van der Waals surface area contributed by atoms with Crippen molar-refractivity contribution < 1.29 is 22.6 Å². The van der Waals surface area contributed by atoms with Crippen LogP contribution >= 0.6 is 0 Å². The highest BCUT2D eigenvalue weighted by Gasteiger charge is 2.68. The fourth-order valence-electron chi connectivity index (χ4n) is 6.23. The molecule has 0 spiro atoms. The van der Waals surface area contributed by atoms with E-state index in [1.165, 1.54) is 12.3 Å². The minimum Gasteiger partial charge on any atom is -0.402 e. The average Bonchev–Trinajstić information content (AvgIpc) is 3.08. The molecule has 0 amide bonds. The van der Waals surface area contributed by atoms with Gasteiger partial charge in [-0.05, 0) is 37.2 Å². The van der Waals surface area contributed by atoms with Crippen LogP contribution in [0, 0.1) is 11.3 Å². The van der Waals surface area contributed by atoms with E-state index in [0.717, 1.165) is 38.4 Å². The molecule has 0 aromatic carbocycles. The zero-order valence-electron chi connectivity index (χ0n) is 20.0. The summed E-state index contributed by atoms with van der Waals surface area (Å²) < 4.78 is 50.2. The van der Waals surface area contributed by atoms with Crippen LogP contribution in [-0.4, -0.2) is 57.6 Å². The van der Waals surface area contributed by atoms with Gasteiger partial charge in [0.15, 0.2) is 11.6 Å². The number of hydrogen-bond donors (Lipinski definition) is 1. The number of fused-ring (bicyclic) bond motifs is 1. The van der Waals surface area contributed by atoms with Crippen LogP contribution in [0.4, 0.5) is 19.0 Å². The van der Waals surface area contributed by atoms with Gasteiger partial charge in [0.2, 0.25) is 0 Å². The molecule has 3 fully saturated rings. The van der Waals surface area contributed by atoms with Crippen molar-refractivity contribution in [3.63, 3.8) is 0 Å². The van der Waals surface area contributed by atoms with Gasteiger partial charge < -0.3 is 19.8 Å². The maximum absolute atomic E-state index is 12.8. The lowest BCUT2D eigenvalue weighted by Gasteiger charge is -2.39. The Hall–Kier alpha value is -2.33. The molecule has 2 aliphatic carbocycles. The summed E-state index contributed by atoms with van der Waals surface area (Å²) in [5, 5.41) is 0. The van der Waals surface area contributed by atoms with Crippen molar-refractivity contribution in [3.05, 3.63) is 24.3 Å². The van der Waals surface area contributed by atoms with E-state index < -0.39 is 12.1 Å². The molecule has 186 valence electrons. The smallest absolute Gasteiger partial charge is 0.402 e. The molecule has 7 nitrogen and oxygen atoms in total. The molecule has 5 atom stereocenters. The second kappa shape index (κ2) is 8.12. The van der Waals surface area contributed by atoms with Crippen molar-refractivity contribution in [2.24, 2.45) is 11.3 Å².